The highest BCUT2D eigenvalue weighted by Crippen LogP contribution is 2.25. The highest BCUT2D eigenvalue weighted by atomic mass is 35.5. The zero-order chi connectivity index (χ0) is 18.8. The zero-order valence-corrected chi connectivity index (χ0v) is 15.9. The van der Waals surface area contributed by atoms with E-state index in [9.17, 15) is 14.4 Å². The maximum absolute atomic E-state index is 12.2. The number of hydrogen-bond acceptors (Lipinski definition) is 5. The average Bonchev–Trinajstić information content (AvgIpc) is 2.50. The van der Waals surface area contributed by atoms with Gasteiger partial charge in [0.25, 0.3) is 0 Å². The van der Waals surface area contributed by atoms with Gasteiger partial charge < -0.3 is 15.8 Å². The number of benzene rings is 1. The van der Waals surface area contributed by atoms with E-state index in [-0.39, 0.29) is 30.6 Å². The van der Waals surface area contributed by atoms with E-state index >= 15 is 0 Å². The van der Waals surface area contributed by atoms with Gasteiger partial charge in [0.15, 0.2) is 0 Å². The molecule has 0 aliphatic rings. The van der Waals surface area contributed by atoms with Crippen LogP contribution in [0, 0.1) is 0 Å². The summed E-state index contributed by atoms with van der Waals surface area (Å²) in [6, 6.07) is 6.45. The van der Waals surface area contributed by atoms with E-state index in [2.05, 4.69) is 5.32 Å². The maximum atomic E-state index is 12.2. The second-order valence-corrected chi connectivity index (χ2v) is 7.17. The molecule has 0 fully saturated rings. The Hall–Kier alpha value is -1.73. The number of halogens is 1. The Morgan fingerprint density at radius 3 is 2.56 bits per heavy atom. The quantitative estimate of drug-likeness (QED) is 0.475. The number of thioether (sulfide) groups is 1. The Labute approximate surface area is 156 Å². The average molecular weight is 387 g/mol. The van der Waals surface area contributed by atoms with Crippen LogP contribution in [0.4, 0.5) is 0 Å². The minimum absolute atomic E-state index is 0.0118. The second-order valence-electron chi connectivity index (χ2n) is 5.65. The molecule has 1 atom stereocenters. The number of nitrogens with one attached hydrogen (secondary N) is 1. The second kappa shape index (κ2) is 11.0. The van der Waals surface area contributed by atoms with Crippen molar-refractivity contribution in [3.63, 3.8) is 0 Å². The van der Waals surface area contributed by atoms with Gasteiger partial charge in [0.05, 0.1) is 24.3 Å². The summed E-state index contributed by atoms with van der Waals surface area (Å²) < 4.78 is 5.16. The lowest BCUT2D eigenvalue weighted by Gasteiger charge is -2.20. The third-order valence-electron chi connectivity index (χ3n) is 3.07. The lowest BCUT2D eigenvalue weighted by Crippen LogP contribution is -2.31. The van der Waals surface area contributed by atoms with E-state index in [1.54, 1.807) is 38.1 Å². The largest absolute Gasteiger partial charge is 0.463 e. The van der Waals surface area contributed by atoms with Crippen molar-refractivity contribution in [1.29, 1.82) is 0 Å². The van der Waals surface area contributed by atoms with Gasteiger partial charge in [0.2, 0.25) is 11.8 Å². The van der Waals surface area contributed by atoms with E-state index in [0.717, 1.165) is 0 Å². The van der Waals surface area contributed by atoms with Gasteiger partial charge >= 0.3 is 5.97 Å². The molecule has 138 valence electrons. The summed E-state index contributed by atoms with van der Waals surface area (Å²) in [5, 5.41) is 3.28. The first-order chi connectivity index (χ1) is 11.8. The molecule has 8 heteroatoms. The molecule has 0 saturated carbocycles. The number of amides is 2. The number of carbonyl (C=O) groups is 3. The summed E-state index contributed by atoms with van der Waals surface area (Å²) in [7, 11) is 0. The Morgan fingerprint density at radius 1 is 1.28 bits per heavy atom. The number of esters is 1. The van der Waals surface area contributed by atoms with Crippen LogP contribution in [0.25, 0.3) is 0 Å². The minimum Gasteiger partial charge on any atom is -0.463 e. The standard InChI is InChI=1S/C17H23ClN2O4S/c1-11(2)24-17(23)9-14(12-5-3-4-6-13(12)18)20-16(22)7-8-25-10-15(19)21/h3-6,11,14H,7-10H2,1-2H3,(H2,19,21)(H,20,22). The lowest BCUT2D eigenvalue weighted by atomic mass is 10.0. The fourth-order valence-electron chi connectivity index (χ4n) is 2.08. The normalized spacial score (nSPS) is 11.8. The van der Waals surface area contributed by atoms with Gasteiger partial charge in [-0.25, -0.2) is 0 Å². The predicted octanol–water partition coefficient (Wildman–Crippen LogP) is 2.45. The Morgan fingerprint density at radius 2 is 1.96 bits per heavy atom. The highest BCUT2D eigenvalue weighted by molar-refractivity contribution is 7.99. The van der Waals surface area contributed by atoms with Crippen molar-refractivity contribution < 1.29 is 19.1 Å². The molecule has 1 aromatic rings. The van der Waals surface area contributed by atoms with E-state index in [0.29, 0.717) is 16.3 Å². The molecule has 2 amide bonds. The van der Waals surface area contributed by atoms with Gasteiger partial charge in [-0.1, -0.05) is 29.8 Å². The topological polar surface area (TPSA) is 98.5 Å². The molecule has 1 unspecified atom stereocenters. The van der Waals surface area contributed by atoms with Crippen molar-refractivity contribution in [2.24, 2.45) is 5.73 Å². The molecule has 0 aliphatic heterocycles. The van der Waals surface area contributed by atoms with Crippen LogP contribution >= 0.6 is 23.4 Å². The van der Waals surface area contributed by atoms with Crippen LogP contribution in [0.2, 0.25) is 5.02 Å². The van der Waals surface area contributed by atoms with Gasteiger partial charge in [-0.15, -0.1) is 0 Å². The van der Waals surface area contributed by atoms with Crippen molar-refractivity contribution in [2.45, 2.75) is 38.8 Å². The molecular formula is C17H23ClN2O4S. The Balaban J connectivity index is 2.71. The molecule has 0 saturated heterocycles. The van der Waals surface area contributed by atoms with E-state index in [4.69, 9.17) is 22.1 Å². The van der Waals surface area contributed by atoms with Crippen LogP contribution in [0.5, 0.6) is 0 Å². The summed E-state index contributed by atoms with van der Waals surface area (Å²) in [4.78, 5) is 34.8. The number of hydrogen-bond donors (Lipinski definition) is 2. The van der Waals surface area contributed by atoms with Crippen molar-refractivity contribution in [3.05, 3.63) is 34.9 Å². The maximum Gasteiger partial charge on any atom is 0.308 e. The summed E-state index contributed by atoms with van der Waals surface area (Å²) in [5.41, 5.74) is 5.71. The molecule has 0 spiro atoms. The van der Waals surface area contributed by atoms with Gasteiger partial charge in [0, 0.05) is 17.2 Å². The number of rotatable bonds is 10. The summed E-state index contributed by atoms with van der Waals surface area (Å²) >= 11 is 7.48. The molecule has 3 N–H and O–H groups in total. The molecule has 1 aromatic carbocycles. The van der Waals surface area contributed by atoms with Crippen LogP contribution in [0.3, 0.4) is 0 Å². The van der Waals surface area contributed by atoms with E-state index in [1.165, 1.54) is 11.8 Å². The first-order valence-electron chi connectivity index (χ1n) is 7.89. The SMILES string of the molecule is CC(C)OC(=O)CC(NC(=O)CCSCC(N)=O)c1ccccc1Cl. The Kier molecular flexibility index (Phi) is 9.37. The number of carbonyl (C=O) groups excluding carboxylic acids is 3. The van der Waals surface area contributed by atoms with Gasteiger partial charge in [-0.3, -0.25) is 14.4 Å². The van der Waals surface area contributed by atoms with Gasteiger partial charge in [0.1, 0.15) is 0 Å². The molecule has 25 heavy (non-hydrogen) atoms. The third kappa shape index (κ3) is 8.79. The predicted molar refractivity (Wildman–Crippen MR) is 99.3 cm³/mol. The van der Waals surface area contributed by atoms with Crippen LogP contribution in [0.1, 0.15) is 38.3 Å². The molecule has 0 aliphatic carbocycles. The molecular weight excluding hydrogens is 364 g/mol. The molecule has 0 aromatic heterocycles. The van der Waals surface area contributed by atoms with E-state index < -0.39 is 17.9 Å². The molecule has 0 bridgehead atoms. The van der Waals surface area contributed by atoms with Crippen molar-refractivity contribution in [3.8, 4) is 0 Å². The zero-order valence-electron chi connectivity index (χ0n) is 14.3. The number of primary amides is 1. The van der Waals surface area contributed by atoms with Crippen LogP contribution in [-0.4, -0.2) is 35.4 Å². The van der Waals surface area contributed by atoms with Crippen LogP contribution in [0.15, 0.2) is 24.3 Å². The van der Waals surface area contributed by atoms with E-state index in [1.807, 2.05) is 0 Å². The van der Waals surface area contributed by atoms with Gasteiger partial charge in [-0.2, -0.15) is 11.8 Å². The molecule has 1 rings (SSSR count). The summed E-state index contributed by atoms with van der Waals surface area (Å²) in [6.07, 6.45) is -0.0412. The third-order valence-corrected chi connectivity index (χ3v) is 4.40. The fourth-order valence-corrected chi connectivity index (χ4v) is 3.02. The van der Waals surface area contributed by atoms with Crippen LogP contribution < -0.4 is 11.1 Å². The summed E-state index contributed by atoms with van der Waals surface area (Å²) in [5.74, 6) is -0.444. The Bertz CT molecular complexity index is 610. The summed E-state index contributed by atoms with van der Waals surface area (Å²) in [6.45, 7) is 3.52. The molecule has 0 heterocycles. The minimum atomic E-state index is -0.575. The van der Waals surface area contributed by atoms with Crippen molar-refractivity contribution in [2.75, 3.05) is 11.5 Å². The molecule has 0 radical (unpaired) electrons. The first-order valence-corrected chi connectivity index (χ1v) is 9.42. The van der Waals surface area contributed by atoms with Crippen molar-refractivity contribution >= 4 is 41.1 Å². The first kappa shape index (κ1) is 21.3. The van der Waals surface area contributed by atoms with Gasteiger partial charge in [-0.05, 0) is 25.5 Å². The lowest BCUT2D eigenvalue weighted by molar-refractivity contribution is -0.148. The highest BCUT2D eigenvalue weighted by Gasteiger charge is 2.21. The van der Waals surface area contributed by atoms with Crippen LogP contribution in [-0.2, 0) is 19.1 Å². The fraction of sp³-hybridized carbons (Fsp3) is 0.471. The van der Waals surface area contributed by atoms with Crippen molar-refractivity contribution in [1.82, 2.24) is 5.32 Å². The monoisotopic (exact) mass is 386 g/mol. The smallest absolute Gasteiger partial charge is 0.308 e. The molecule has 6 nitrogen and oxygen atoms in total. The number of ether oxygens (including phenoxy) is 1. The number of nitrogens with two attached hydrogens (primary N) is 1.